The molecule has 3 heteroatoms. The largest absolute Gasteiger partial charge is 0.323 e. The molecule has 3 nitrogen and oxygen atoms in total. The van der Waals surface area contributed by atoms with E-state index in [4.69, 9.17) is 5.84 Å². The average Bonchev–Trinajstić information content (AvgIpc) is 2.47. The van der Waals surface area contributed by atoms with E-state index in [-0.39, 0.29) is 0 Å². The van der Waals surface area contributed by atoms with Crippen LogP contribution in [-0.4, -0.2) is 4.98 Å². The highest BCUT2D eigenvalue weighted by Crippen LogP contribution is 2.30. The number of nitrogen functional groups attached to an aromatic ring is 1. The van der Waals surface area contributed by atoms with Gasteiger partial charge in [0.15, 0.2) is 0 Å². The lowest BCUT2D eigenvalue weighted by atomic mass is 10.0. The van der Waals surface area contributed by atoms with Crippen LogP contribution in [0.4, 0.5) is 5.69 Å². The second-order valence-corrected chi connectivity index (χ2v) is 4.07. The summed E-state index contributed by atoms with van der Waals surface area (Å²) in [7, 11) is 0. The number of fused-ring (bicyclic) bond motifs is 1. The van der Waals surface area contributed by atoms with Crippen LogP contribution in [0.2, 0.25) is 0 Å². The van der Waals surface area contributed by atoms with Crippen LogP contribution in [-0.2, 0) is 0 Å². The van der Waals surface area contributed by atoms with E-state index < -0.39 is 0 Å². The minimum absolute atomic E-state index is 0.887. The van der Waals surface area contributed by atoms with Gasteiger partial charge in [-0.1, -0.05) is 48.5 Å². The summed E-state index contributed by atoms with van der Waals surface area (Å²) in [5.74, 6) is 5.53. The Hall–Kier alpha value is -2.39. The number of pyridine rings is 1. The van der Waals surface area contributed by atoms with E-state index in [1.807, 2.05) is 36.4 Å². The van der Waals surface area contributed by atoms with Gasteiger partial charge in [-0.25, -0.2) is 0 Å². The molecule has 3 rings (SSSR count). The minimum Gasteiger partial charge on any atom is -0.323 e. The fraction of sp³-hybridized carbons (Fsp3) is 0. The Labute approximate surface area is 105 Å². The third-order valence-electron chi connectivity index (χ3n) is 3.01. The number of benzene rings is 2. The molecule has 0 spiro atoms. The van der Waals surface area contributed by atoms with Crippen molar-refractivity contribution in [3.05, 3.63) is 60.8 Å². The molecule has 0 atom stereocenters. The highest BCUT2D eigenvalue weighted by molar-refractivity contribution is 6.00. The first kappa shape index (κ1) is 10.7. The van der Waals surface area contributed by atoms with E-state index >= 15 is 0 Å². The molecule has 0 bridgehead atoms. The summed E-state index contributed by atoms with van der Waals surface area (Å²) < 4.78 is 0. The molecule has 0 fully saturated rings. The molecular weight excluding hydrogens is 222 g/mol. The normalized spacial score (nSPS) is 10.5. The first-order valence-corrected chi connectivity index (χ1v) is 5.80. The molecular formula is C15H13N3. The quantitative estimate of drug-likeness (QED) is 0.530. The summed E-state index contributed by atoms with van der Waals surface area (Å²) in [6.07, 6.45) is 1.77. The highest BCUT2D eigenvalue weighted by atomic mass is 15.2. The summed E-state index contributed by atoms with van der Waals surface area (Å²) in [6, 6.07) is 18.2. The van der Waals surface area contributed by atoms with Crippen molar-refractivity contribution >= 4 is 16.6 Å². The van der Waals surface area contributed by atoms with E-state index in [2.05, 4.69) is 28.6 Å². The van der Waals surface area contributed by atoms with Crippen molar-refractivity contribution in [3.8, 4) is 11.1 Å². The van der Waals surface area contributed by atoms with E-state index in [9.17, 15) is 0 Å². The zero-order chi connectivity index (χ0) is 12.4. The van der Waals surface area contributed by atoms with Crippen LogP contribution in [0, 0.1) is 0 Å². The van der Waals surface area contributed by atoms with Crippen LogP contribution in [0.1, 0.15) is 0 Å². The van der Waals surface area contributed by atoms with Gasteiger partial charge in [0.25, 0.3) is 0 Å². The van der Waals surface area contributed by atoms with E-state index in [1.165, 1.54) is 0 Å². The van der Waals surface area contributed by atoms with Crippen molar-refractivity contribution < 1.29 is 0 Å². The zero-order valence-electron chi connectivity index (χ0n) is 9.80. The maximum absolute atomic E-state index is 5.53. The summed E-state index contributed by atoms with van der Waals surface area (Å²) >= 11 is 0. The number of para-hydroxylation sites is 1. The Kier molecular flexibility index (Phi) is 2.67. The molecule has 0 aliphatic heterocycles. The maximum atomic E-state index is 5.53. The topological polar surface area (TPSA) is 50.9 Å². The summed E-state index contributed by atoms with van der Waals surface area (Å²) in [5.41, 5.74) is 6.83. The lowest BCUT2D eigenvalue weighted by molar-refractivity contribution is 1.33. The number of nitrogens with zero attached hydrogens (tertiary/aromatic N) is 1. The van der Waals surface area contributed by atoms with Gasteiger partial charge in [0, 0.05) is 17.1 Å². The number of hydrogen-bond donors (Lipinski definition) is 2. The maximum Gasteiger partial charge on any atom is 0.0801 e. The van der Waals surface area contributed by atoms with Crippen LogP contribution >= 0.6 is 0 Å². The Morgan fingerprint density at radius 1 is 0.889 bits per heavy atom. The third-order valence-corrected chi connectivity index (χ3v) is 3.01. The SMILES string of the molecule is NNc1ccnc2c(-c3ccccc3)cccc12. The summed E-state index contributed by atoms with van der Waals surface area (Å²) in [4.78, 5) is 4.47. The minimum atomic E-state index is 0.887. The number of rotatable bonds is 2. The van der Waals surface area contributed by atoms with Gasteiger partial charge in [0.2, 0.25) is 0 Å². The van der Waals surface area contributed by atoms with Crippen molar-refractivity contribution in [2.45, 2.75) is 0 Å². The summed E-state index contributed by atoms with van der Waals surface area (Å²) in [6.45, 7) is 0. The fourth-order valence-electron chi connectivity index (χ4n) is 2.15. The molecule has 0 amide bonds. The first-order chi connectivity index (χ1) is 8.90. The highest BCUT2D eigenvalue weighted by Gasteiger charge is 2.06. The molecule has 0 aliphatic rings. The number of hydrogen-bond acceptors (Lipinski definition) is 3. The van der Waals surface area contributed by atoms with Crippen molar-refractivity contribution in [3.63, 3.8) is 0 Å². The van der Waals surface area contributed by atoms with E-state index in [0.29, 0.717) is 0 Å². The van der Waals surface area contributed by atoms with Crippen molar-refractivity contribution in [2.24, 2.45) is 5.84 Å². The predicted molar refractivity (Wildman–Crippen MR) is 75.0 cm³/mol. The molecule has 0 aliphatic carbocycles. The molecule has 0 unspecified atom stereocenters. The van der Waals surface area contributed by atoms with E-state index in [1.54, 1.807) is 6.20 Å². The molecule has 2 aromatic carbocycles. The Morgan fingerprint density at radius 2 is 1.72 bits per heavy atom. The van der Waals surface area contributed by atoms with Crippen LogP contribution in [0.3, 0.4) is 0 Å². The van der Waals surface area contributed by atoms with Crippen LogP contribution < -0.4 is 11.3 Å². The number of hydrazine groups is 1. The standard InChI is InChI=1S/C15H13N3/c16-18-14-9-10-17-15-12(7-4-8-13(14)15)11-5-2-1-3-6-11/h1-10H,16H2,(H,17,18). The summed E-state index contributed by atoms with van der Waals surface area (Å²) in [5, 5.41) is 1.03. The molecule has 18 heavy (non-hydrogen) atoms. The average molecular weight is 235 g/mol. The first-order valence-electron chi connectivity index (χ1n) is 5.80. The van der Waals surface area contributed by atoms with Crippen molar-refractivity contribution in [1.82, 2.24) is 4.98 Å². The molecule has 1 heterocycles. The smallest absolute Gasteiger partial charge is 0.0801 e. The van der Waals surface area contributed by atoms with Crippen molar-refractivity contribution in [1.29, 1.82) is 0 Å². The van der Waals surface area contributed by atoms with Gasteiger partial charge in [-0.05, 0) is 11.6 Å². The predicted octanol–water partition coefficient (Wildman–Crippen LogP) is 3.19. The second-order valence-electron chi connectivity index (χ2n) is 4.07. The van der Waals surface area contributed by atoms with Gasteiger partial charge in [0.1, 0.15) is 0 Å². The molecule has 3 N–H and O–H groups in total. The Balaban J connectivity index is 2.32. The lowest BCUT2D eigenvalue weighted by Gasteiger charge is -2.09. The fourth-order valence-corrected chi connectivity index (χ4v) is 2.15. The van der Waals surface area contributed by atoms with Crippen LogP contribution in [0.5, 0.6) is 0 Å². The Bertz CT molecular complexity index is 678. The number of nitrogens with one attached hydrogen (secondary N) is 1. The third kappa shape index (κ3) is 1.71. The number of aromatic nitrogens is 1. The van der Waals surface area contributed by atoms with Gasteiger partial charge >= 0.3 is 0 Å². The molecule has 0 saturated carbocycles. The van der Waals surface area contributed by atoms with Gasteiger partial charge in [-0.15, -0.1) is 0 Å². The second kappa shape index (κ2) is 4.47. The van der Waals surface area contributed by atoms with Gasteiger partial charge in [0.05, 0.1) is 11.2 Å². The van der Waals surface area contributed by atoms with Crippen LogP contribution in [0.15, 0.2) is 60.8 Å². The van der Waals surface area contributed by atoms with Crippen LogP contribution in [0.25, 0.3) is 22.0 Å². The molecule has 3 aromatic rings. The van der Waals surface area contributed by atoms with Gasteiger partial charge in [-0.2, -0.15) is 0 Å². The molecule has 1 aromatic heterocycles. The molecule has 0 saturated heterocycles. The monoisotopic (exact) mass is 235 g/mol. The van der Waals surface area contributed by atoms with Gasteiger partial charge in [-0.3, -0.25) is 10.8 Å². The van der Waals surface area contributed by atoms with Gasteiger partial charge < -0.3 is 5.43 Å². The zero-order valence-corrected chi connectivity index (χ0v) is 9.80. The number of anilines is 1. The van der Waals surface area contributed by atoms with E-state index in [0.717, 1.165) is 27.7 Å². The van der Waals surface area contributed by atoms with Crippen molar-refractivity contribution in [2.75, 3.05) is 5.43 Å². The number of nitrogens with two attached hydrogens (primary N) is 1. The molecule has 0 radical (unpaired) electrons. The lowest BCUT2D eigenvalue weighted by Crippen LogP contribution is -2.07. The Morgan fingerprint density at radius 3 is 2.50 bits per heavy atom. The molecule has 88 valence electrons.